The second kappa shape index (κ2) is 9.84. The van der Waals surface area contributed by atoms with Gasteiger partial charge in [-0.05, 0) is 62.0 Å². The molecule has 0 aliphatic rings. The average molecular weight is 352 g/mol. The van der Waals surface area contributed by atoms with Crippen LogP contribution in [0, 0.1) is 13.8 Å². The van der Waals surface area contributed by atoms with Gasteiger partial charge in [0.05, 0.1) is 24.6 Å². The van der Waals surface area contributed by atoms with E-state index in [4.69, 9.17) is 20.5 Å². The molecule has 0 saturated heterocycles. The molecule has 0 saturated carbocycles. The number of aryl methyl sites for hydroxylation is 2. The number of hydrogen-bond donors (Lipinski definition) is 0. The highest BCUT2D eigenvalue weighted by Crippen LogP contribution is 2.30. The highest BCUT2D eigenvalue weighted by molar-refractivity contribution is 5.54. The minimum Gasteiger partial charge on any atom is -0.493 e. The van der Waals surface area contributed by atoms with E-state index in [1.165, 1.54) is 0 Å². The Hall–Kier alpha value is -3.34. The summed E-state index contributed by atoms with van der Waals surface area (Å²) in [4.78, 5) is 5.64. The molecule has 2 aromatic rings. The van der Waals surface area contributed by atoms with Gasteiger partial charge in [0.2, 0.25) is 0 Å². The number of unbranched alkanes of at least 4 members (excludes halogenated alkanes) is 1. The molecule has 0 radical (unpaired) electrons. The molecule has 0 aromatic heterocycles. The van der Waals surface area contributed by atoms with E-state index < -0.39 is 0 Å². The summed E-state index contributed by atoms with van der Waals surface area (Å²) in [5, 5.41) is 7.30. The fourth-order valence-electron chi connectivity index (χ4n) is 2.32. The van der Waals surface area contributed by atoms with Gasteiger partial charge in [-0.3, -0.25) is 0 Å². The Morgan fingerprint density at radius 1 is 0.769 bits per heavy atom. The van der Waals surface area contributed by atoms with Crippen LogP contribution in [-0.4, -0.2) is 13.2 Å². The monoisotopic (exact) mass is 352 g/mol. The van der Waals surface area contributed by atoms with Crippen LogP contribution in [0.2, 0.25) is 0 Å². The summed E-state index contributed by atoms with van der Waals surface area (Å²) < 4.78 is 11.4. The minimum absolute atomic E-state index is 0.484. The maximum absolute atomic E-state index is 8.62. The Labute approximate surface area is 151 Å². The lowest BCUT2D eigenvalue weighted by Gasteiger charge is -2.11. The summed E-state index contributed by atoms with van der Waals surface area (Å²) >= 11 is 0. The van der Waals surface area contributed by atoms with Gasteiger partial charge in [-0.1, -0.05) is 33.5 Å². The van der Waals surface area contributed by atoms with Gasteiger partial charge in [0.25, 0.3) is 0 Å². The molecule has 2 aromatic carbocycles. The molecule has 0 bridgehead atoms. The maximum atomic E-state index is 8.62. The molecular weight excluding hydrogens is 332 g/mol. The molecule has 0 unspecified atom stereocenters. The van der Waals surface area contributed by atoms with Crippen LogP contribution in [0.5, 0.6) is 11.5 Å². The van der Waals surface area contributed by atoms with Crippen molar-refractivity contribution in [2.24, 2.45) is 10.2 Å². The van der Waals surface area contributed by atoms with E-state index in [1.807, 2.05) is 26.0 Å². The van der Waals surface area contributed by atoms with Crippen LogP contribution in [0.1, 0.15) is 24.0 Å². The molecule has 26 heavy (non-hydrogen) atoms. The molecular formula is C18H20N6O2. The van der Waals surface area contributed by atoms with Crippen LogP contribution in [0.25, 0.3) is 20.9 Å². The topological polar surface area (TPSA) is 116 Å². The fraction of sp³-hybridized carbons (Fsp3) is 0.333. The van der Waals surface area contributed by atoms with Crippen LogP contribution in [0.15, 0.2) is 46.6 Å². The largest absolute Gasteiger partial charge is 0.493 e. The standard InChI is InChI=1S/C18H20N6O2/c1-13-5-7-17(15(11-13)21-23-19)25-9-3-4-10-26-18-8-6-14(2)12-16(18)22-24-20/h5-8,11-12H,3-4,9-10H2,1-2H3. The first-order chi connectivity index (χ1) is 12.6. The molecule has 0 heterocycles. The van der Waals surface area contributed by atoms with Gasteiger partial charge in [0.15, 0.2) is 0 Å². The number of rotatable bonds is 9. The number of ether oxygens (including phenoxy) is 2. The zero-order chi connectivity index (χ0) is 18.8. The van der Waals surface area contributed by atoms with E-state index in [0.29, 0.717) is 36.1 Å². The van der Waals surface area contributed by atoms with Crippen molar-refractivity contribution >= 4 is 11.4 Å². The number of nitrogens with zero attached hydrogens (tertiary/aromatic N) is 6. The number of hydrogen-bond acceptors (Lipinski definition) is 4. The third-order valence-electron chi connectivity index (χ3n) is 3.59. The molecule has 2 rings (SSSR count). The third kappa shape index (κ3) is 5.63. The molecule has 8 heteroatoms. The summed E-state index contributed by atoms with van der Waals surface area (Å²) in [6.07, 6.45) is 1.54. The highest BCUT2D eigenvalue weighted by Gasteiger charge is 2.04. The predicted molar refractivity (Wildman–Crippen MR) is 100 cm³/mol. The first-order valence-corrected chi connectivity index (χ1v) is 8.21. The van der Waals surface area contributed by atoms with Crippen molar-refractivity contribution in [1.29, 1.82) is 0 Å². The molecule has 0 atom stereocenters. The SMILES string of the molecule is Cc1ccc(OCCCCOc2ccc(C)cc2N=[N+]=[N-])c(N=[N+]=[N-])c1. The lowest BCUT2D eigenvalue weighted by atomic mass is 10.2. The quantitative estimate of drug-likeness (QED) is 0.224. The Kier molecular flexibility index (Phi) is 7.18. The van der Waals surface area contributed by atoms with Crippen molar-refractivity contribution in [3.8, 4) is 11.5 Å². The van der Waals surface area contributed by atoms with E-state index in [0.717, 1.165) is 24.0 Å². The van der Waals surface area contributed by atoms with Gasteiger partial charge in [0, 0.05) is 9.82 Å². The molecule has 0 fully saturated rings. The van der Waals surface area contributed by atoms with Gasteiger partial charge in [-0.25, -0.2) is 0 Å². The molecule has 0 amide bonds. The van der Waals surface area contributed by atoms with Crippen LogP contribution in [0.3, 0.4) is 0 Å². The number of azide groups is 2. The summed E-state index contributed by atoms with van der Waals surface area (Å²) in [5.41, 5.74) is 20.2. The summed E-state index contributed by atoms with van der Waals surface area (Å²) in [5.74, 6) is 1.14. The Balaban J connectivity index is 1.80. The molecule has 8 nitrogen and oxygen atoms in total. The first kappa shape index (κ1) is 19.0. The lowest BCUT2D eigenvalue weighted by Crippen LogP contribution is -2.03. The van der Waals surface area contributed by atoms with Crippen LogP contribution < -0.4 is 9.47 Å². The minimum atomic E-state index is 0.484. The second-order valence-electron chi connectivity index (χ2n) is 5.73. The Morgan fingerprint density at radius 2 is 1.19 bits per heavy atom. The zero-order valence-electron chi connectivity index (χ0n) is 14.8. The second-order valence-corrected chi connectivity index (χ2v) is 5.73. The van der Waals surface area contributed by atoms with Crippen molar-refractivity contribution < 1.29 is 9.47 Å². The maximum Gasteiger partial charge on any atom is 0.128 e. The van der Waals surface area contributed by atoms with Crippen molar-refractivity contribution in [2.75, 3.05) is 13.2 Å². The highest BCUT2D eigenvalue weighted by atomic mass is 16.5. The van der Waals surface area contributed by atoms with Crippen LogP contribution in [0.4, 0.5) is 11.4 Å². The molecule has 0 N–H and O–H groups in total. The van der Waals surface area contributed by atoms with Crippen molar-refractivity contribution in [1.82, 2.24) is 0 Å². The van der Waals surface area contributed by atoms with Crippen molar-refractivity contribution in [3.05, 3.63) is 68.4 Å². The van der Waals surface area contributed by atoms with Crippen LogP contribution >= 0.6 is 0 Å². The van der Waals surface area contributed by atoms with Crippen molar-refractivity contribution in [3.63, 3.8) is 0 Å². The van der Waals surface area contributed by atoms with Gasteiger partial charge >= 0.3 is 0 Å². The zero-order valence-corrected chi connectivity index (χ0v) is 14.8. The van der Waals surface area contributed by atoms with Gasteiger partial charge in [0.1, 0.15) is 11.5 Å². The smallest absolute Gasteiger partial charge is 0.128 e. The average Bonchev–Trinajstić information content (AvgIpc) is 2.61. The van der Waals surface area contributed by atoms with Crippen molar-refractivity contribution in [2.45, 2.75) is 26.7 Å². The predicted octanol–water partition coefficient (Wildman–Crippen LogP) is 6.43. The van der Waals surface area contributed by atoms with Gasteiger partial charge < -0.3 is 9.47 Å². The summed E-state index contributed by atoms with van der Waals surface area (Å²) in [7, 11) is 0. The Morgan fingerprint density at radius 3 is 1.58 bits per heavy atom. The fourth-order valence-corrected chi connectivity index (χ4v) is 2.32. The normalized spacial score (nSPS) is 9.77. The van der Waals surface area contributed by atoms with E-state index in [-0.39, 0.29) is 0 Å². The Bertz CT molecular complexity index is 783. The lowest BCUT2D eigenvalue weighted by molar-refractivity contribution is 0.267. The van der Waals surface area contributed by atoms with E-state index in [2.05, 4.69) is 20.1 Å². The first-order valence-electron chi connectivity index (χ1n) is 8.21. The summed E-state index contributed by atoms with van der Waals surface area (Å²) in [6, 6.07) is 11.0. The molecule has 134 valence electrons. The number of benzene rings is 2. The van der Waals surface area contributed by atoms with E-state index in [1.54, 1.807) is 24.3 Å². The van der Waals surface area contributed by atoms with E-state index >= 15 is 0 Å². The molecule has 0 aliphatic carbocycles. The molecule has 0 spiro atoms. The summed E-state index contributed by atoms with van der Waals surface area (Å²) in [6.45, 7) is 4.81. The van der Waals surface area contributed by atoms with Gasteiger partial charge in [-0.15, -0.1) is 0 Å². The van der Waals surface area contributed by atoms with Gasteiger partial charge in [-0.2, -0.15) is 0 Å². The molecule has 0 aliphatic heterocycles. The van der Waals surface area contributed by atoms with Crippen LogP contribution in [-0.2, 0) is 0 Å². The third-order valence-corrected chi connectivity index (χ3v) is 3.59. The van der Waals surface area contributed by atoms with E-state index in [9.17, 15) is 0 Å².